The molecule has 17 heavy (non-hydrogen) atoms. The van der Waals surface area contributed by atoms with E-state index in [1.54, 1.807) is 0 Å². The van der Waals surface area contributed by atoms with E-state index < -0.39 is 4.92 Å². The van der Waals surface area contributed by atoms with Crippen LogP contribution in [0.4, 0.5) is 5.69 Å². The second-order valence-corrected chi connectivity index (χ2v) is 3.48. The first-order chi connectivity index (χ1) is 8.25. The average Bonchev–Trinajstić information content (AvgIpc) is 2.95. The van der Waals surface area contributed by atoms with Gasteiger partial charge in [0.15, 0.2) is 5.82 Å². The molecule has 7 heteroatoms. The van der Waals surface area contributed by atoms with Crippen LogP contribution in [0.5, 0.6) is 0 Å². The molecule has 0 aliphatic carbocycles. The summed E-state index contributed by atoms with van der Waals surface area (Å²) in [4.78, 5) is 17.5. The van der Waals surface area contributed by atoms with Gasteiger partial charge in [-0.05, 0) is 12.1 Å². The first-order valence-electron chi connectivity index (χ1n) is 4.89. The van der Waals surface area contributed by atoms with Gasteiger partial charge in [0.05, 0.1) is 16.0 Å². The predicted octanol–water partition coefficient (Wildman–Crippen LogP) is 1.86. The van der Waals surface area contributed by atoms with Crippen LogP contribution >= 0.6 is 0 Å². The maximum atomic E-state index is 10.8. The Kier molecular flexibility index (Phi) is 1.91. The molecule has 0 bridgehead atoms. The number of fused-ring (bicyclic) bond motifs is 1. The summed E-state index contributed by atoms with van der Waals surface area (Å²) in [7, 11) is 0. The van der Waals surface area contributed by atoms with E-state index in [2.05, 4.69) is 20.2 Å². The van der Waals surface area contributed by atoms with Crippen molar-refractivity contribution < 1.29 is 4.92 Å². The highest BCUT2D eigenvalue weighted by atomic mass is 16.6. The number of aromatic nitrogens is 4. The Morgan fingerprint density at radius 1 is 1.29 bits per heavy atom. The molecule has 0 aliphatic heterocycles. The topological polar surface area (TPSA) is 100 Å². The van der Waals surface area contributed by atoms with Crippen LogP contribution in [0, 0.1) is 10.1 Å². The normalized spacial score (nSPS) is 10.8. The van der Waals surface area contributed by atoms with Gasteiger partial charge >= 0.3 is 5.69 Å². The zero-order chi connectivity index (χ0) is 11.8. The molecule has 0 spiro atoms. The molecule has 0 radical (unpaired) electrons. The lowest BCUT2D eigenvalue weighted by Gasteiger charge is -1.89. The smallest absolute Gasteiger partial charge is 0.317 e. The largest absolute Gasteiger partial charge is 0.336 e. The molecule has 2 N–H and O–H groups in total. The number of nitro groups is 1. The van der Waals surface area contributed by atoms with Gasteiger partial charge in [-0.1, -0.05) is 12.1 Å². The Labute approximate surface area is 94.6 Å². The third-order valence-electron chi connectivity index (χ3n) is 2.43. The zero-order valence-corrected chi connectivity index (χ0v) is 8.54. The van der Waals surface area contributed by atoms with Gasteiger partial charge in [0.1, 0.15) is 6.20 Å². The van der Waals surface area contributed by atoms with E-state index in [-0.39, 0.29) is 11.4 Å². The van der Waals surface area contributed by atoms with Crippen LogP contribution in [0.2, 0.25) is 0 Å². The first kappa shape index (κ1) is 9.52. The number of nitrogens with one attached hydrogen (secondary N) is 2. The summed E-state index contributed by atoms with van der Waals surface area (Å²) in [6.07, 6.45) is 1.24. The summed E-state index contributed by atoms with van der Waals surface area (Å²) in [6.45, 7) is 0. The van der Waals surface area contributed by atoms with Gasteiger partial charge in [-0.15, -0.1) is 0 Å². The number of nitrogens with zero attached hydrogens (tertiary/aromatic N) is 3. The summed E-state index contributed by atoms with van der Waals surface area (Å²) in [5.74, 6) is 0.388. The maximum Gasteiger partial charge on any atom is 0.317 e. The van der Waals surface area contributed by atoms with Crippen molar-refractivity contribution in [2.45, 2.75) is 0 Å². The van der Waals surface area contributed by atoms with Gasteiger partial charge in [0.25, 0.3) is 0 Å². The van der Waals surface area contributed by atoms with E-state index in [0.717, 1.165) is 11.0 Å². The van der Waals surface area contributed by atoms with Gasteiger partial charge in [-0.25, -0.2) is 4.98 Å². The molecule has 2 heterocycles. The molecule has 1 aromatic carbocycles. The molecule has 0 saturated carbocycles. The van der Waals surface area contributed by atoms with Crippen molar-refractivity contribution in [1.29, 1.82) is 0 Å². The molecular formula is C10H7N5O2. The maximum absolute atomic E-state index is 10.8. The third kappa shape index (κ3) is 1.44. The Hall–Kier alpha value is -2.70. The standard InChI is InChI=1S/C10H7N5O2/c16-15(17)8-5-11-14-9(8)10-12-6-3-1-2-4-7(6)13-10/h1-5H,(H,11,14)(H,12,13). The highest BCUT2D eigenvalue weighted by Crippen LogP contribution is 2.26. The van der Waals surface area contributed by atoms with E-state index >= 15 is 0 Å². The summed E-state index contributed by atoms with van der Waals surface area (Å²) in [6, 6.07) is 7.40. The number of hydrogen-bond acceptors (Lipinski definition) is 4. The quantitative estimate of drug-likeness (QED) is 0.517. The first-order valence-corrected chi connectivity index (χ1v) is 4.89. The molecule has 84 valence electrons. The number of rotatable bonds is 2. The summed E-state index contributed by atoms with van der Waals surface area (Å²) >= 11 is 0. The number of benzene rings is 1. The van der Waals surface area contributed by atoms with Crippen molar-refractivity contribution in [2.24, 2.45) is 0 Å². The Bertz CT molecular complexity index is 666. The number of para-hydroxylation sites is 2. The fraction of sp³-hybridized carbons (Fsp3) is 0. The minimum Gasteiger partial charge on any atom is -0.336 e. The molecular weight excluding hydrogens is 222 g/mol. The fourth-order valence-corrected chi connectivity index (χ4v) is 1.66. The Balaban J connectivity index is 2.20. The van der Waals surface area contributed by atoms with Crippen LogP contribution in [-0.4, -0.2) is 25.1 Å². The molecule has 0 fully saturated rings. The number of H-pyrrole nitrogens is 2. The van der Waals surface area contributed by atoms with Gasteiger partial charge in [0, 0.05) is 0 Å². The highest BCUT2D eigenvalue weighted by molar-refractivity contribution is 5.80. The van der Waals surface area contributed by atoms with Crippen LogP contribution in [0.3, 0.4) is 0 Å². The van der Waals surface area contributed by atoms with Gasteiger partial charge < -0.3 is 4.98 Å². The van der Waals surface area contributed by atoms with Crippen LogP contribution in [0.25, 0.3) is 22.6 Å². The predicted molar refractivity (Wildman–Crippen MR) is 60.3 cm³/mol. The van der Waals surface area contributed by atoms with Gasteiger partial charge in [-0.3, -0.25) is 15.2 Å². The minimum atomic E-state index is -0.494. The van der Waals surface area contributed by atoms with Crippen LogP contribution in [0.15, 0.2) is 30.5 Å². The molecule has 0 amide bonds. The van der Waals surface area contributed by atoms with Crippen molar-refractivity contribution in [1.82, 2.24) is 20.2 Å². The number of aromatic amines is 2. The van der Waals surface area contributed by atoms with Gasteiger partial charge in [-0.2, -0.15) is 5.10 Å². The van der Waals surface area contributed by atoms with E-state index in [1.807, 2.05) is 24.3 Å². The van der Waals surface area contributed by atoms with Crippen molar-refractivity contribution in [3.05, 3.63) is 40.6 Å². The summed E-state index contributed by atoms with van der Waals surface area (Å²) < 4.78 is 0. The van der Waals surface area contributed by atoms with Crippen LogP contribution < -0.4 is 0 Å². The van der Waals surface area contributed by atoms with Crippen molar-refractivity contribution in [2.75, 3.05) is 0 Å². The lowest BCUT2D eigenvalue weighted by Crippen LogP contribution is -1.90. The van der Waals surface area contributed by atoms with E-state index in [4.69, 9.17) is 0 Å². The number of imidazole rings is 1. The Morgan fingerprint density at radius 2 is 2.12 bits per heavy atom. The molecule has 3 aromatic rings. The lowest BCUT2D eigenvalue weighted by atomic mass is 10.3. The van der Waals surface area contributed by atoms with Crippen LogP contribution in [0.1, 0.15) is 0 Å². The average molecular weight is 229 g/mol. The van der Waals surface area contributed by atoms with E-state index in [1.165, 1.54) is 6.20 Å². The second kappa shape index (κ2) is 3.41. The number of hydrogen-bond donors (Lipinski definition) is 2. The van der Waals surface area contributed by atoms with Crippen molar-refractivity contribution in [3.8, 4) is 11.5 Å². The van der Waals surface area contributed by atoms with Crippen LogP contribution in [-0.2, 0) is 0 Å². The Morgan fingerprint density at radius 3 is 2.88 bits per heavy atom. The van der Waals surface area contributed by atoms with E-state index in [0.29, 0.717) is 5.82 Å². The minimum absolute atomic E-state index is 0.0935. The third-order valence-corrected chi connectivity index (χ3v) is 2.43. The zero-order valence-electron chi connectivity index (χ0n) is 8.54. The molecule has 3 rings (SSSR count). The molecule has 0 unspecified atom stereocenters. The monoisotopic (exact) mass is 229 g/mol. The molecule has 0 aliphatic rings. The molecule has 2 aromatic heterocycles. The SMILES string of the molecule is O=[N+]([O-])c1c[nH]nc1-c1nc2ccccc2[nH]1. The highest BCUT2D eigenvalue weighted by Gasteiger charge is 2.20. The fourth-order valence-electron chi connectivity index (χ4n) is 1.66. The summed E-state index contributed by atoms with van der Waals surface area (Å²) in [5.41, 5.74) is 1.69. The van der Waals surface area contributed by atoms with Crippen molar-refractivity contribution in [3.63, 3.8) is 0 Å². The summed E-state index contributed by atoms with van der Waals surface area (Å²) in [5, 5.41) is 17.1. The lowest BCUT2D eigenvalue weighted by molar-refractivity contribution is -0.384. The molecule has 0 saturated heterocycles. The second-order valence-electron chi connectivity index (χ2n) is 3.48. The molecule has 0 atom stereocenters. The molecule has 7 nitrogen and oxygen atoms in total. The van der Waals surface area contributed by atoms with E-state index in [9.17, 15) is 10.1 Å². The van der Waals surface area contributed by atoms with Crippen molar-refractivity contribution >= 4 is 16.7 Å². The van der Waals surface area contributed by atoms with Gasteiger partial charge in [0.2, 0.25) is 5.69 Å².